The summed E-state index contributed by atoms with van der Waals surface area (Å²) in [4.78, 5) is 6.73. The van der Waals surface area contributed by atoms with Crippen LogP contribution in [-0.2, 0) is 6.54 Å². The second-order valence-corrected chi connectivity index (χ2v) is 5.18. The van der Waals surface area contributed by atoms with E-state index in [0.29, 0.717) is 12.5 Å². The lowest BCUT2D eigenvalue weighted by atomic mass is 10.0. The summed E-state index contributed by atoms with van der Waals surface area (Å²) in [5.74, 6) is 1.52. The number of nitrogens with zero attached hydrogens (tertiary/aromatic N) is 2. The first-order valence-electron chi connectivity index (χ1n) is 6.84. The monoisotopic (exact) mass is 245 g/mol. The molecule has 3 nitrogen and oxygen atoms in total. The normalized spacial score (nSPS) is 21.7. The second kappa shape index (κ2) is 6.43. The van der Waals surface area contributed by atoms with Gasteiger partial charge in [0, 0.05) is 13.1 Å². The van der Waals surface area contributed by atoms with Gasteiger partial charge in [0.05, 0.1) is 6.54 Å². The Morgan fingerprint density at radius 3 is 2.83 bits per heavy atom. The summed E-state index contributed by atoms with van der Waals surface area (Å²) in [5.41, 5.74) is 7.30. The maximum atomic E-state index is 6.09. The molecule has 1 fully saturated rings. The van der Waals surface area contributed by atoms with Gasteiger partial charge >= 0.3 is 0 Å². The van der Waals surface area contributed by atoms with Crippen molar-refractivity contribution in [3.63, 3.8) is 0 Å². The Hall–Kier alpha value is -1.51. The van der Waals surface area contributed by atoms with Crippen LogP contribution in [0.2, 0.25) is 0 Å². The fourth-order valence-corrected chi connectivity index (χ4v) is 2.35. The molecule has 0 spiro atoms. The SMILES string of the molecule is CC1CCCN(C(N)=NCc2ccccc2)CC1. The maximum absolute atomic E-state index is 6.09. The molecule has 0 saturated carbocycles. The number of hydrogen-bond acceptors (Lipinski definition) is 1. The third-order valence-corrected chi connectivity index (χ3v) is 3.61. The van der Waals surface area contributed by atoms with Gasteiger partial charge in [-0.15, -0.1) is 0 Å². The van der Waals surface area contributed by atoms with Crippen molar-refractivity contribution >= 4 is 5.96 Å². The molecule has 2 rings (SSSR count). The highest BCUT2D eigenvalue weighted by Gasteiger charge is 2.14. The molecule has 0 aromatic heterocycles. The molecule has 0 bridgehead atoms. The molecule has 1 atom stereocenters. The summed E-state index contributed by atoms with van der Waals surface area (Å²) in [7, 11) is 0. The third-order valence-electron chi connectivity index (χ3n) is 3.61. The molecular weight excluding hydrogens is 222 g/mol. The molecule has 1 unspecified atom stereocenters. The van der Waals surface area contributed by atoms with Crippen LogP contribution in [-0.4, -0.2) is 23.9 Å². The number of benzene rings is 1. The molecule has 2 N–H and O–H groups in total. The van der Waals surface area contributed by atoms with Crippen LogP contribution in [0.15, 0.2) is 35.3 Å². The first-order valence-corrected chi connectivity index (χ1v) is 6.84. The van der Waals surface area contributed by atoms with E-state index in [1.165, 1.54) is 24.8 Å². The smallest absolute Gasteiger partial charge is 0.191 e. The first-order chi connectivity index (χ1) is 8.75. The lowest BCUT2D eigenvalue weighted by molar-refractivity contribution is 0.419. The van der Waals surface area contributed by atoms with Crippen molar-refractivity contribution in [2.45, 2.75) is 32.7 Å². The lowest BCUT2D eigenvalue weighted by Gasteiger charge is -2.21. The van der Waals surface area contributed by atoms with E-state index in [4.69, 9.17) is 5.73 Å². The maximum Gasteiger partial charge on any atom is 0.191 e. The van der Waals surface area contributed by atoms with E-state index in [1.54, 1.807) is 0 Å². The molecular formula is C15H23N3. The molecule has 1 aliphatic rings. The highest BCUT2D eigenvalue weighted by molar-refractivity contribution is 5.78. The Bertz CT molecular complexity index is 386. The van der Waals surface area contributed by atoms with Crippen LogP contribution in [0, 0.1) is 5.92 Å². The molecule has 98 valence electrons. The molecule has 3 heteroatoms. The van der Waals surface area contributed by atoms with E-state index < -0.39 is 0 Å². The van der Waals surface area contributed by atoms with Crippen molar-refractivity contribution in [3.8, 4) is 0 Å². The minimum absolute atomic E-state index is 0.679. The molecule has 1 aromatic carbocycles. The number of nitrogens with two attached hydrogens (primary N) is 1. The average Bonchev–Trinajstić information content (AvgIpc) is 2.62. The van der Waals surface area contributed by atoms with Gasteiger partial charge in [-0.3, -0.25) is 0 Å². The summed E-state index contributed by atoms with van der Waals surface area (Å²) >= 11 is 0. The number of hydrogen-bond donors (Lipinski definition) is 1. The second-order valence-electron chi connectivity index (χ2n) is 5.18. The van der Waals surface area contributed by atoms with Crippen LogP contribution in [0.1, 0.15) is 31.7 Å². The Labute approximate surface area is 110 Å². The van der Waals surface area contributed by atoms with E-state index >= 15 is 0 Å². The summed E-state index contributed by atoms with van der Waals surface area (Å²) in [6.45, 7) is 5.10. The zero-order valence-corrected chi connectivity index (χ0v) is 11.2. The molecule has 18 heavy (non-hydrogen) atoms. The molecule has 1 saturated heterocycles. The van der Waals surface area contributed by atoms with Crippen LogP contribution in [0.3, 0.4) is 0 Å². The number of likely N-dealkylation sites (tertiary alicyclic amines) is 1. The summed E-state index contributed by atoms with van der Waals surface area (Å²) in [6.07, 6.45) is 3.76. The van der Waals surface area contributed by atoms with Gasteiger partial charge < -0.3 is 10.6 Å². The average molecular weight is 245 g/mol. The van der Waals surface area contributed by atoms with E-state index in [9.17, 15) is 0 Å². The highest BCUT2D eigenvalue weighted by atomic mass is 15.2. The predicted octanol–water partition coefficient (Wildman–Crippen LogP) is 2.62. The molecule has 0 aliphatic carbocycles. The molecule has 0 radical (unpaired) electrons. The minimum Gasteiger partial charge on any atom is -0.370 e. The quantitative estimate of drug-likeness (QED) is 0.643. The van der Waals surface area contributed by atoms with Crippen LogP contribution in [0.5, 0.6) is 0 Å². The molecule has 0 amide bonds. The van der Waals surface area contributed by atoms with Crippen molar-refractivity contribution in [2.75, 3.05) is 13.1 Å². The van der Waals surface area contributed by atoms with Crippen molar-refractivity contribution < 1.29 is 0 Å². The van der Waals surface area contributed by atoms with Gasteiger partial charge in [-0.05, 0) is 30.7 Å². The van der Waals surface area contributed by atoms with Crippen LogP contribution in [0.4, 0.5) is 0 Å². The van der Waals surface area contributed by atoms with E-state index in [-0.39, 0.29) is 0 Å². The first kappa shape index (κ1) is 12.9. The summed E-state index contributed by atoms with van der Waals surface area (Å²) in [6, 6.07) is 10.3. The van der Waals surface area contributed by atoms with E-state index in [2.05, 4.69) is 28.9 Å². The minimum atomic E-state index is 0.679. The van der Waals surface area contributed by atoms with Crippen molar-refractivity contribution in [2.24, 2.45) is 16.6 Å². The van der Waals surface area contributed by atoms with Gasteiger partial charge in [0.15, 0.2) is 5.96 Å². The van der Waals surface area contributed by atoms with Crippen molar-refractivity contribution in [1.82, 2.24) is 4.90 Å². The van der Waals surface area contributed by atoms with Gasteiger partial charge in [-0.1, -0.05) is 37.3 Å². The number of guanidine groups is 1. The van der Waals surface area contributed by atoms with Crippen molar-refractivity contribution in [3.05, 3.63) is 35.9 Å². The molecule has 1 aromatic rings. The van der Waals surface area contributed by atoms with Crippen LogP contribution < -0.4 is 5.73 Å². The number of rotatable bonds is 2. The van der Waals surface area contributed by atoms with Crippen molar-refractivity contribution in [1.29, 1.82) is 0 Å². The van der Waals surface area contributed by atoms with Crippen LogP contribution >= 0.6 is 0 Å². The number of aliphatic imine (C=N–C) groups is 1. The fraction of sp³-hybridized carbons (Fsp3) is 0.533. The summed E-state index contributed by atoms with van der Waals surface area (Å²) in [5, 5.41) is 0. The third kappa shape index (κ3) is 3.76. The zero-order chi connectivity index (χ0) is 12.8. The van der Waals surface area contributed by atoms with Crippen LogP contribution in [0.25, 0.3) is 0 Å². The lowest BCUT2D eigenvalue weighted by Crippen LogP contribution is -2.38. The Morgan fingerprint density at radius 2 is 2.06 bits per heavy atom. The highest BCUT2D eigenvalue weighted by Crippen LogP contribution is 2.16. The van der Waals surface area contributed by atoms with Gasteiger partial charge in [0.2, 0.25) is 0 Å². The Morgan fingerprint density at radius 1 is 1.28 bits per heavy atom. The van der Waals surface area contributed by atoms with Gasteiger partial charge in [0.1, 0.15) is 0 Å². The van der Waals surface area contributed by atoms with Gasteiger partial charge in [0.25, 0.3) is 0 Å². The van der Waals surface area contributed by atoms with Gasteiger partial charge in [-0.2, -0.15) is 0 Å². The Balaban J connectivity index is 1.91. The molecule has 1 aliphatic heterocycles. The molecule has 1 heterocycles. The Kier molecular flexibility index (Phi) is 4.62. The predicted molar refractivity (Wildman–Crippen MR) is 76.4 cm³/mol. The van der Waals surface area contributed by atoms with E-state index in [1.807, 2.05) is 18.2 Å². The van der Waals surface area contributed by atoms with Gasteiger partial charge in [-0.25, -0.2) is 4.99 Å². The largest absolute Gasteiger partial charge is 0.370 e. The standard InChI is InChI=1S/C15H23N3/c1-13-6-5-10-18(11-9-13)15(16)17-12-14-7-3-2-4-8-14/h2-4,7-8,13H,5-6,9-12H2,1H3,(H2,16,17). The zero-order valence-electron chi connectivity index (χ0n) is 11.2. The summed E-state index contributed by atoms with van der Waals surface area (Å²) < 4.78 is 0. The fourth-order valence-electron chi connectivity index (χ4n) is 2.35. The van der Waals surface area contributed by atoms with E-state index in [0.717, 1.165) is 19.0 Å². The topological polar surface area (TPSA) is 41.6 Å².